The molecule has 1 fully saturated rings. The number of carbonyl (C=O) groups is 1. The highest BCUT2D eigenvalue weighted by molar-refractivity contribution is 7.89. The SMILES string of the molecule is Cc1ccc(S(=O)(=O)N2CCCC2C(=O)Nc2nnc(-c3ccccc3)o2)cc1. The molecule has 1 N–H and O–H groups in total. The van der Waals surface area contributed by atoms with Crippen LogP contribution in [0.2, 0.25) is 0 Å². The standard InChI is InChI=1S/C20H20N4O4S/c1-14-9-11-16(12-10-14)29(26,27)24-13-5-8-17(24)18(25)21-20-23-22-19(28-20)15-6-3-2-4-7-15/h2-4,6-7,9-12,17H,5,8,13H2,1H3,(H,21,23,25). The van der Waals surface area contributed by atoms with Gasteiger partial charge in [0.1, 0.15) is 6.04 Å². The number of nitrogens with zero attached hydrogens (tertiary/aromatic N) is 3. The van der Waals surface area contributed by atoms with Crippen LogP contribution in [0, 0.1) is 6.92 Å². The van der Waals surface area contributed by atoms with Gasteiger partial charge in [-0.3, -0.25) is 10.1 Å². The van der Waals surface area contributed by atoms with Crippen molar-refractivity contribution in [2.45, 2.75) is 30.7 Å². The van der Waals surface area contributed by atoms with Crippen LogP contribution in [0.5, 0.6) is 0 Å². The molecule has 0 aliphatic carbocycles. The summed E-state index contributed by atoms with van der Waals surface area (Å²) in [5, 5.41) is 10.3. The summed E-state index contributed by atoms with van der Waals surface area (Å²) in [6, 6.07) is 14.9. The molecule has 2 heterocycles. The summed E-state index contributed by atoms with van der Waals surface area (Å²) >= 11 is 0. The van der Waals surface area contributed by atoms with Crippen LogP contribution in [0.25, 0.3) is 11.5 Å². The van der Waals surface area contributed by atoms with Crippen LogP contribution in [0.15, 0.2) is 63.9 Å². The molecule has 1 aliphatic heterocycles. The number of hydrogen-bond donors (Lipinski definition) is 1. The van der Waals surface area contributed by atoms with Crippen molar-refractivity contribution in [2.24, 2.45) is 0 Å². The molecule has 1 amide bonds. The number of carbonyl (C=O) groups excluding carboxylic acids is 1. The van der Waals surface area contributed by atoms with Gasteiger partial charge in [-0.2, -0.15) is 4.31 Å². The van der Waals surface area contributed by atoms with Gasteiger partial charge in [0, 0.05) is 12.1 Å². The second kappa shape index (κ2) is 7.76. The van der Waals surface area contributed by atoms with Crippen molar-refractivity contribution in [3.05, 3.63) is 60.2 Å². The molecule has 3 aromatic rings. The Hall–Kier alpha value is -3.04. The molecule has 0 spiro atoms. The Labute approximate surface area is 168 Å². The Kier molecular flexibility index (Phi) is 5.16. The molecule has 8 nitrogen and oxygen atoms in total. The average Bonchev–Trinajstić information content (AvgIpc) is 3.39. The summed E-state index contributed by atoms with van der Waals surface area (Å²) in [6.45, 7) is 2.17. The molecule has 150 valence electrons. The van der Waals surface area contributed by atoms with E-state index in [1.165, 1.54) is 4.31 Å². The second-order valence-corrected chi connectivity index (χ2v) is 8.75. The van der Waals surface area contributed by atoms with Gasteiger partial charge in [0.2, 0.25) is 21.8 Å². The molecular formula is C20H20N4O4S. The Morgan fingerprint density at radius 2 is 1.83 bits per heavy atom. The Bertz CT molecular complexity index is 1110. The third-order valence-electron chi connectivity index (χ3n) is 4.81. The Morgan fingerprint density at radius 3 is 2.55 bits per heavy atom. The van der Waals surface area contributed by atoms with E-state index in [4.69, 9.17) is 4.42 Å². The minimum absolute atomic E-state index is 0.0616. The van der Waals surface area contributed by atoms with E-state index >= 15 is 0 Å². The van der Waals surface area contributed by atoms with Crippen molar-refractivity contribution in [1.82, 2.24) is 14.5 Å². The first-order valence-electron chi connectivity index (χ1n) is 9.23. The van der Waals surface area contributed by atoms with Crippen molar-refractivity contribution in [3.63, 3.8) is 0 Å². The van der Waals surface area contributed by atoms with Gasteiger partial charge in [-0.15, -0.1) is 5.10 Å². The van der Waals surface area contributed by atoms with Gasteiger partial charge >= 0.3 is 6.01 Å². The van der Waals surface area contributed by atoms with Gasteiger partial charge in [0.15, 0.2) is 0 Å². The van der Waals surface area contributed by atoms with E-state index < -0.39 is 22.0 Å². The van der Waals surface area contributed by atoms with E-state index in [9.17, 15) is 13.2 Å². The molecule has 29 heavy (non-hydrogen) atoms. The van der Waals surface area contributed by atoms with Crippen LogP contribution >= 0.6 is 0 Å². The van der Waals surface area contributed by atoms with E-state index in [0.717, 1.165) is 11.1 Å². The lowest BCUT2D eigenvalue weighted by atomic mass is 10.2. The van der Waals surface area contributed by atoms with Gasteiger partial charge in [-0.25, -0.2) is 8.42 Å². The molecule has 1 unspecified atom stereocenters. The monoisotopic (exact) mass is 412 g/mol. The summed E-state index contributed by atoms with van der Waals surface area (Å²) in [6.07, 6.45) is 1.03. The number of hydrogen-bond acceptors (Lipinski definition) is 6. The number of amides is 1. The van der Waals surface area contributed by atoms with E-state index in [0.29, 0.717) is 12.8 Å². The highest BCUT2D eigenvalue weighted by Crippen LogP contribution is 2.27. The van der Waals surface area contributed by atoms with Gasteiger partial charge < -0.3 is 4.42 Å². The molecule has 2 aromatic carbocycles. The number of nitrogens with one attached hydrogen (secondary N) is 1. The molecule has 1 aliphatic rings. The molecule has 1 aromatic heterocycles. The number of sulfonamides is 1. The molecule has 0 radical (unpaired) electrons. The molecule has 4 rings (SSSR count). The fourth-order valence-electron chi connectivity index (χ4n) is 3.30. The van der Waals surface area contributed by atoms with E-state index in [-0.39, 0.29) is 23.3 Å². The highest BCUT2D eigenvalue weighted by atomic mass is 32.2. The summed E-state index contributed by atoms with van der Waals surface area (Å²) in [5.74, 6) is -0.210. The van der Waals surface area contributed by atoms with Crippen LogP contribution in [0.1, 0.15) is 18.4 Å². The van der Waals surface area contributed by atoms with Crippen LogP contribution < -0.4 is 5.32 Å². The third-order valence-corrected chi connectivity index (χ3v) is 6.73. The largest absolute Gasteiger partial charge is 0.403 e. The second-order valence-electron chi connectivity index (χ2n) is 6.85. The molecule has 1 saturated heterocycles. The maximum absolute atomic E-state index is 13.0. The number of aromatic nitrogens is 2. The minimum Gasteiger partial charge on any atom is -0.403 e. The first kappa shape index (κ1) is 19.3. The van der Waals surface area contributed by atoms with Crippen molar-refractivity contribution in [2.75, 3.05) is 11.9 Å². The molecule has 1 atom stereocenters. The van der Waals surface area contributed by atoms with Gasteiger partial charge in [0.05, 0.1) is 4.90 Å². The third kappa shape index (κ3) is 3.92. The smallest absolute Gasteiger partial charge is 0.322 e. The van der Waals surface area contributed by atoms with Crippen molar-refractivity contribution < 1.29 is 17.6 Å². The molecular weight excluding hydrogens is 392 g/mol. The summed E-state index contributed by atoms with van der Waals surface area (Å²) < 4.78 is 32.7. The fourth-order valence-corrected chi connectivity index (χ4v) is 4.95. The van der Waals surface area contributed by atoms with Crippen LogP contribution in [0.4, 0.5) is 6.01 Å². The quantitative estimate of drug-likeness (QED) is 0.691. The Morgan fingerprint density at radius 1 is 1.10 bits per heavy atom. The van der Waals surface area contributed by atoms with Crippen molar-refractivity contribution in [3.8, 4) is 11.5 Å². The summed E-state index contributed by atoms with van der Waals surface area (Å²) in [4.78, 5) is 12.9. The molecule has 0 saturated carbocycles. The van der Waals surface area contributed by atoms with Crippen LogP contribution in [-0.2, 0) is 14.8 Å². The number of benzene rings is 2. The minimum atomic E-state index is -3.77. The predicted octanol–water partition coefficient (Wildman–Crippen LogP) is 2.84. The maximum atomic E-state index is 13.0. The van der Waals surface area contributed by atoms with Crippen molar-refractivity contribution >= 4 is 21.9 Å². The van der Waals surface area contributed by atoms with E-state index in [1.54, 1.807) is 24.3 Å². The maximum Gasteiger partial charge on any atom is 0.322 e. The zero-order chi connectivity index (χ0) is 20.4. The highest BCUT2D eigenvalue weighted by Gasteiger charge is 2.39. The Balaban J connectivity index is 1.51. The van der Waals surface area contributed by atoms with Crippen molar-refractivity contribution in [1.29, 1.82) is 0 Å². The lowest BCUT2D eigenvalue weighted by Gasteiger charge is -2.22. The van der Waals surface area contributed by atoms with E-state index in [2.05, 4.69) is 15.5 Å². The predicted molar refractivity (Wildman–Crippen MR) is 106 cm³/mol. The molecule has 9 heteroatoms. The summed E-state index contributed by atoms with van der Waals surface area (Å²) in [7, 11) is -3.77. The first-order valence-corrected chi connectivity index (χ1v) is 10.7. The first-order chi connectivity index (χ1) is 13.9. The zero-order valence-electron chi connectivity index (χ0n) is 15.8. The normalized spacial score (nSPS) is 17.3. The lowest BCUT2D eigenvalue weighted by Crippen LogP contribution is -2.43. The zero-order valence-corrected chi connectivity index (χ0v) is 16.6. The molecule has 0 bridgehead atoms. The fraction of sp³-hybridized carbons (Fsp3) is 0.250. The van der Waals surface area contributed by atoms with Gasteiger partial charge in [0.25, 0.3) is 0 Å². The van der Waals surface area contributed by atoms with Crippen LogP contribution in [-0.4, -0.2) is 41.4 Å². The lowest BCUT2D eigenvalue weighted by molar-refractivity contribution is -0.119. The van der Waals surface area contributed by atoms with Crippen LogP contribution in [0.3, 0.4) is 0 Å². The van der Waals surface area contributed by atoms with Gasteiger partial charge in [-0.05, 0) is 44.0 Å². The number of aryl methyl sites for hydroxylation is 1. The van der Waals surface area contributed by atoms with Gasteiger partial charge in [-0.1, -0.05) is 41.0 Å². The number of rotatable bonds is 5. The number of anilines is 1. The summed E-state index contributed by atoms with van der Waals surface area (Å²) in [5.41, 5.74) is 1.69. The van der Waals surface area contributed by atoms with E-state index in [1.807, 2.05) is 37.3 Å². The topological polar surface area (TPSA) is 105 Å². The average molecular weight is 412 g/mol.